The normalized spacial score (nSPS) is 11.8. The first kappa shape index (κ1) is 35.5. The Kier molecular flexibility index (Phi) is 21.9. The van der Waals surface area contributed by atoms with Crippen molar-refractivity contribution in [2.24, 2.45) is 0 Å². The standard InChI is InChI=1S/C14H20.C11H21NO5S2.C2H6/c1-5-11(3)13-9-7-8-10-14(13)12(4)6-2;1-11(2,3)17-10(15)12-8-9(14)16-5-7-19-18-6-4-13;1-2/h5,7-10,12H,6H2,1-4H3;13H,4-8H2,1-3H3,(H,12,15);1-2H3/b11-5-;;. The van der Waals surface area contributed by atoms with E-state index in [2.05, 4.69) is 63.4 Å². The number of amides is 1. The molecule has 1 aromatic rings. The molecule has 0 saturated carbocycles. The summed E-state index contributed by atoms with van der Waals surface area (Å²) >= 11 is 0. The number of allylic oxidation sites excluding steroid dienone is 2. The molecule has 0 fully saturated rings. The molecule has 2 N–H and O–H groups in total. The molecule has 0 spiro atoms. The van der Waals surface area contributed by atoms with E-state index >= 15 is 0 Å². The summed E-state index contributed by atoms with van der Waals surface area (Å²) in [4.78, 5) is 22.5. The number of esters is 1. The molecule has 1 atom stereocenters. The molecular formula is C27H47NO5S2. The predicted octanol–water partition coefficient (Wildman–Crippen LogP) is 7.08. The van der Waals surface area contributed by atoms with Crippen molar-refractivity contribution in [1.82, 2.24) is 5.32 Å². The molecule has 0 saturated heterocycles. The summed E-state index contributed by atoms with van der Waals surface area (Å²) in [6, 6.07) is 8.72. The molecule has 1 amide bonds. The summed E-state index contributed by atoms with van der Waals surface area (Å²) in [5, 5.41) is 10.9. The van der Waals surface area contributed by atoms with Crippen LogP contribution in [0.1, 0.15) is 85.8 Å². The van der Waals surface area contributed by atoms with Gasteiger partial charge < -0.3 is 19.9 Å². The van der Waals surface area contributed by atoms with Crippen molar-refractivity contribution >= 4 is 39.2 Å². The lowest BCUT2D eigenvalue weighted by Crippen LogP contribution is -2.36. The van der Waals surface area contributed by atoms with Crippen LogP contribution in [0, 0.1) is 0 Å². The number of hydrogen-bond acceptors (Lipinski definition) is 7. The number of carbonyl (C=O) groups excluding carboxylic acids is 2. The maximum absolute atomic E-state index is 11.3. The van der Waals surface area contributed by atoms with Crippen LogP contribution in [0.15, 0.2) is 30.3 Å². The van der Waals surface area contributed by atoms with Crippen molar-refractivity contribution in [3.8, 4) is 0 Å². The zero-order valence-electron chi connectivity index (χ0n) is 23.1. The average Bonchev–Trinajstić information content (AvgIpc) is 2.84. The highest BCUT2D eigenvalue weighted by Gasteiger charge is 2.16. The maximum Gasteiger partial charge on any atom is 0.408 e. The Morgan fingerprint density at radius 1 is 1.14 bits per heavy atom. The molecule has 1 aromatic carbocycles. The molecule has 0 aliphatic heterocycles. The van der Waals surface area contributed by atoms with Gasteiger partial charge in [-0.15, -0.1) is 0 Å². The lowest BCUT2D eigenvalue weighted by molar-refractivity contribution is -0.141. The van der Waals surface area contributed by atoms with Crippen LogP contribution in [-0.4, -0.2) is 54.0 Å². The van der Waals surface area contributed by atoms with Gasteiger partial charge in [0.05, 0.1) is 6.61 Å². The number of alkyl carbamates (subject to hydrolysis) is 1. The van der Waals surface area contributed by atoms with Crippen molar-refractivity contribution < 1.29 is 24.2 Å². The van der Waals surface area contributed by atoms with Gasteiger partial charge in [-0.1, -0.05) is 79.6 Å². The van der Waals surface area contributed by atoms with Gasteiger partial charge in [-0.25, -0.2) is 4.79 Å². The van der Waals surface area contributed by atoms with Crippen LogP contribution in [0.4, 0.5) is 4.79 Å². The Morgan fingerprint density at radius 3 is 2.29 bits per heavy atom. The van der Waals surface area contributed by atoms with Crippen molar-refractivity contribution in [1.29, 1.82) is 0 Å². The fourth-order valence-electron chi connectivity index (χ4n) is 2.52. The second kappa shape index (κ2) is 21.6. The minimum absolute atomic E-state index is 0.136. The first-order valence-corrected chi connectivity index (χ1v) is 14.7. The summed E-state index contributed by atoms with van der Waals surface area (Å²) in [6.07, 6.45) is 2.74. The molecule has 0 bridgehead atoms. The lowest BCUT2D eigenvalue weighted by atomic mass is 9.90. The fraction of sp³-hybridized carbons (Fsp3) is 0.630. The average molecular weight is 530 g/mol. The Balaban J connectivity index is 0. The molecule has 0 radical (unpaired) electrons. The summed E-state index contributed by atoms with van der Waals surface area (Å²) < 4.78 is 9.87. The summed E-state index contributed by atoms with van der Waals surface area (Å²) in [6.45, 7) is 18.3. The van der Waals surface area contributed by atoms with Crippen LogP contribution in [-0.2, 0) is 14.3 Å². The largest absolute Gasteiger partial charge is 0.463 e. The Bertz CT molecular complexity index is 733. The van der Waals surface area contributed by atoms with E-state index in [4.69, 9.17) is 14.6 Å². The molecule has 0 heterocycles. The van der Waals surface area contributed by atoms with E-state index in [9.17, 15) is 9.59 Å². The van der Waals surface area contributed by atoms with Crippen LogP contribution >= 0.6 is 21.6 Å². The third-order valence-electron chi connectivity index (χ3n) is 4.43. The van der Waals surface area contributed by atoms with Crippen LogP contribution in [0.5, 0.6) is 0 Å². The van der Waals surface area contributed by atoms with Crippen molar-refractivity contribution in [3.05, 3.63) is 41.5 Å². The van der Waals surface area contributed by atoms with E-state index < -0.39 is 17.7 Å². The summed E-state index contributed by atoms with van der Waals surface area (Å²) in [7, 11) is 3.03. The Labute approximate surface area is 221 Å². The first-order chi connectivity index (χ1) is 16.6. The second-order valence-electron chi connectivity index (χ2n) is 8.31. The molecule has 35 heavy (non-hydrogen) atoms. The van der Waals surface area contributed by atoms with Crippen molar-refractivity contribution in [3.63, 3.8) is 0 Å². The monoisotopic (exact) mass is 529 g/mol. The number of hydrogen-bond donors (Lipinski definition) is 2. The third kappa shape index (κ3) is 19.3. The van der Waals surface area contributed by atoms with Crippen LogP contribution < -0.4 is 5.32 Å². The number of carbonyl (C=O) groups is 2. The molecule has 1 unspecified atom stereocenters. The number of nitrogens with one attached hydrogen (secondary N) is 1. The Morgan fingerprint density at radius 2 is 1.74 bits per heavy atom. The van der Waals surface area contributed by atoms with Gasteiger partial charge in [0.25, 0.3) is 0 Å². The van der Waals surface area contributed by atoms with Gasteiger partial charge in [-0.3, -0.25) is 4.79 Å². The van der Waals surface area contributed by atoms with Crippen LogP contribution in [0.25, 0.3) is 5.57 Å². The van der Waals surface area contributed by atoms with Gasteiger partial charge in [0.2, 0.25) is 0 Å². The molecule has 0 aliphatic rings. The molecule has 0 aromatic heterocycles. The quantitative estimate of drug-likeness (QED) is 0.180. The fourth-order valence-corrected chi connectivity index (χ4v) is 4.11. The number of aliphatic hydroxyl groups is 1. The van der Waals surface area contributed by atoms with E-state index in [0.29, 0.717) is 17.4 Å². The smallest absolute Gasteiger partial charge is 0.408 e. The van der Waals surface area contributed by atoms with E-state index in [1.807, 2.05) is 13.8 Å². The highest BCUT2D eigenvalue weighted by molar-refractivity contribution is 8.76. The maximum atomic E-state index is 11.3. The van der Waals surface area contributed by atoms with Gasteiger partial charge in [0.1, 0.15) is 18.8 Å². The minimum Gasteiger partial charge on any atom is -0.463 e. The topological polar surface area (TPSA) is 84.9 Å². The van der Waals surface area contributed by atoms with E-state index in [0.717, 1.165) is 0 Å². The van der Waals surface area contributed by atoms with Crippen molar-refractivity contribution in [2.75, 3.05) is 31.3 Å². The van der Waals surface area contributed by atoms with Crippen LogP contribution in [0.2, 0.25) is 0 Å². The molecule has 1 rings (SSSR count). The number of benzene rings is 1. The summed E-state index contributed by atoms with van der Waals surface area (Å²) in [5.74, 6) is 1.45. The molecule has 0 aliphatic carbocycles. The molecular weight excluding hydrogens is 482 g/mol. The highest BCUT2D eigenvalue weighted by Crippen LogP contribution is 2.27. The van der Waals surface area contributed by atoms with E-state index in [1.165, 1.54) is 44.7 Å². The zero-order chi connectivity index (χ0) is 27.3. The number of ether oxygens (including phenoxy) is 2. The highest BCUT2D eigenvalue weighted by atomic mass is 33.1. The lowest BCUT2D eigenvalue weighted by Gasteiger charge is -2.19. The Hall–Kier alpha value is -1.64. The molecule has 6 nitrogen and oxygen atoms in total. The van der Waals surface area contributed by atoms with Gasteiger partial charge in [0, 0.05) is 11.5 Å². The summed E-state index contributed by atoms with van der Waals surface area (Å²) in [5.41, 5.74) is 3.67. The minimum atomic E-state index is -0.641. The third-order valence-corrected chi connectivity index (χ3v) is 6.77. The number of rotatable bonds is 11. The van der Waals surface area contributed by atoms with Gasteiger partial charge >= 0.3 is 12.1 Å². The van der Waals surface area contributed by atoms with Crippen LogP contribution in [0.3, 0.4) is 0 Å². The first-order valence-electron chi connectivity index (χ1n) is 12.3. The van der Waals surface area contributed by atoms with Crippen molar-refractivity contribution in [2.45, 2.75) is 80.3 Å². The van der Waals surface area contributed by atoms with E-state index in [-0.39, 0.29) is 19.8 Å². The van der Waals surface area contributed by atoms with Gasteiger partial charge in [-0.2, -0.15) is 0 Å². The van der Waals surface area contributed by atoms with E-state index in [1.54, 1.807) is 20.8 Å². The SMILES string of the molecule is C/C=C(/C)c1ccccc1C(C)CC.CC.CC(C)(C)OC(=O)NCC(=O)OCCSSCCO. The zero-order valence-corrected chi connectivity index (χ0v) is 24.7. The van der Waals surface area contributed by atoms with Gasteiger partial charge in [-0.05, 0) is 63.7 Å². The second-order valence-corrected chi connectivity index (χ2v) is 11.0. The predicted molar refractivity (Wildman–Crippen MR) is 153 cm³/mol. The molecule has 202 valence electrons. The van der Waals surface area contributed by atoms with Gasteiger partial charge in [0.15, 0.2) is 0 Å². The molecule has 8 heteroatoms. The number of aliphatic hydroxyl groups excluding tert-OH is 1.